The molecule has 0 aromatic heterocycles. The third kappa shape index (κ3) is 3.28. The van der Waals surface area contributed by atoms with Crippen LogP contribution in [-0.4, -0.2) is 5.91 Å². The van der Waals surface area contributed by atoms with Crippen molar-refractivity contribution in [1.82, 2.24) is 0 Å². The van der Waals surface area contributed by atoms with Crippen LogP contribution in [0.25, 0.3) is 0 Å². The first-order valence-electron chi connectivity index (χ1n) is 5.49. The number of amides is 1. The van der Waals surface area contributed by atoms with E-state index in [1.54, 1.807) is 12.1 Å². The quantitative estimate of drug-likeness (QED) is 0.517. The van der Waals surface area contributed by atoms with Gasteiger partial charge in [0.25, 0.3) is 5.91 Å². The van der Waals surface area contributed by atoms with Gasteiger partial charge >= 0.3 is 0 Å². The zero-order valence-corrected chi connectivity index (χ0v) is 13.8. The molecule has 4 nitrogen and oxygen atoms in total. The van der Waals surface area contributed by atoms with Crippen LogP contribution in [0.3, 0.4) is 0 Å². The predicted molar refractivity (Wildman–Crippen MR) is 91.8 cm³/mol. The molecule has 104 valence electrons. The third-order valence-corrected chi connectivity index (χ3v) is 3.85. The molecule has 0 aliphatic carbocycles. The van der Waals surface area contributed by atoms with Crippen molar-refractivity contribution in [1.29, 1.82) is 0 Å². The van der Waals surface area contributed by atoms with E-state index in [1.165, 1.54) is 12.1 Å². The number of primary amides is 1. The van der Waals surface area contributed by atoms with Crippen molar-refractivity contribution in [3.05, 3.63) is 49.5 Å². The molecule has 0 saturated heterocycles. The number of benzene rings is 2. The van der Waals surface area contributed by atoms with Crippen LogP contribution in [0.2, 0.25) is 10.0 Å². The van der Waals surface area contributed by atoms with Gasteiger partial charge in [0, 0.05) is 9.26 Å². The van der Waals surface area contributed by atoms with Gasteiger partial charge in [0.1, 0.15) is 0 Å². The number of carbonyl (C=O) groups is 1. The maximum Gasteiger partial charge on any atom is 0.250 e. The van der Waals surface area contributed by atoms with Gasteiger partial charge in [-0.3, -0.25) is 4.79 Å². The molecular formula is C13H10Cl2IN3O. The minimum Gasteiger partial charge on any atom is -0.399 e. The highest BCUT2D eigenvalue weighted by Crippen LogP contribution is 2.34. The highest BCUT2D eigenvalue weighted by molar-refractivity contribution is 14.1. The number of rotatable bonds is 3. The Morgan fingerprint density at radius 1 is 1.15 bits per heavy atom. The van der Waals surface area contributed by atoms with Crippen molar-refractivity contribution in [3.63, 3.8) is 0 Å². The maximum absolute atomic E-state index is 11.5. The number of nitrogens with one attached hydrogen (secondary N) is 1. The number of hydrogen-bond donors (Lipinski definition) is 3. The average Bonchev–Trinajstić information content (AvgIpc) is 2.34. The molecule has 0 atom stereocenters. The van der Waals surface area contributed by atoms with Crippen LogP contribution in [0.5, 0.6) is 0 Å². The summed E-state index contributed by atoms with van der Waals surface area (Å²) in [5.41, 5.74) is 12.6. The van der Waals surface area contributed by atoms with Crippen molar-refractivity contribution in [2.24, 2.45) is 5.73 Å². The second-order valence-electron chi connectivity index (χ2n) is 4.04. The lowest BCUT2D eigenvalue weighted by Gasteiger charge is -2.14. The number of anilines is 3. The first kappa shape index (κ1) is 15.2. The Morgan fingerprint density at radius 3 is 2.45 bits per heavy atom. The number of nitrogen functional groups attached to an aromatic ring is 1. The highest BCUT2D eigenvalue weighted by Gasteiger charge is 2.14. The first-order valence-corrected chi connectivity index (χ1v) is 7.33. The third-order valence-electron chi connectivity index (χ3n) is 2.57. The van der Waals surface area contributed by atoms with Crippen LogP contribution >= 0.6 is 45.8 Å². The summed E-state index contributed by atoms with van der Waals surface area (Å²) >= 11 is 14.4. The van der Waals surface area contributed by atoms with Gasteiger partial charge in [0.2, 0.25) is 0 Å². The fourth-order valence-electron chi connectivity index (χ4n) is 1.67. The van der Waals surface area contributed by atoms with Crippen LogP contribution in [0.15, 0.2) is 30.3 Å². The normalized spacial score (nSPS) is 10.3. The number of hydrogen-bond acceptors (Lipinski definition) is 3. The molecule has 20 heavy (non-hydrogen) atoms. The molecule has 0 saturated carbocycles. The SMILES string of the molecule is NC(=O)c1cc(N)cc(Cl)c1Nc1ccc(I)cc1Cl. The molecule has 0 aliphatic heterocycles. The van der Waals surface area contributed by atoms with Crippen LogP contribution in [0.4, 0.5) is 17.1 Å². The molecule has 2 rings (SSSR count). The second-order valence-corrected chi connectivity index (χ2v) is 6.10. The molecule has 0 aliphatic rings. The standard InChI is InChI=1S/C13H10Cl2IN3O/c14-9-3-6(16)1-2-11(9)19-12-8(13(18)20)4-7(17)5-10(12)15/h1-5,19H,17H2,(H2,18,20). The minimum absolute atomic E-state index is 0.213. The van der Waals surface area contributed by atoms with E-state index in [-0.39, 0.29) is 5.56 Å². The van der Waals surface area contributed by atoms with Gasteiger partial charge in [-0.2, -0.15) is 0 Å². The Bertz CT molecular complexity index is 692. The molecule has 7 heteroatoms. The molecule has 0 heterocycles. The van der Waals surface area contributed by atoms with Gasteiger partial charge in [-0.05, 0) is 52.9 Å². The molecule has 0 fully saturated rings. The van der Waals surface area contributed by atoms with E-state index in [9.17, 15) is 4.79 Å². The number of carbonyl (C=O) groups excluding carboxylic acids is 1. The highest BCUT2D eigenvalue weighted by atomic mass is 127. The molecule has 5 N–H and O–H groups in total. The summed E-state index contributed by atoms with van der Waals surface area (Å²) in [6.07, 6.45) is 0. The summed E-state index contributed by atoms with van der Waals surface area (Å²) in [5.74, 6) is -0.622. The average molecular weight is 422 g/mol. The zero-order chi connectivity index (χ0) is 14.9. The van der Waals surface area contributed by atoms with E-state index in [1.807, 2.05) is 6.07 Å². The molecule has 0 unspecified atom stereocenters. The summed E-state index contributed by atoms with van der Waals surface area (Å²) in [6, 6.07) is 8.47. The topological polar surface area (TPSA) is 81.1 Å². The van der Waals surface area contributed by atoms with E-state index in [0.717, 1.165) is 3.57 Å². The lowest BCUT2D eigenvalue weighted by Crippen LogP contribution is -2.14. The summed E-state index contributed by atoms with van der Waals surface area (Å²) < 4.78 is 0.997. The monoisotopic (exact) mass is 421 g/mol. The molecule has 2 aromatic carbocycles. The van der Waals surface area contributed by atoms with Gasteiger partial charge < -0.3 is 16.8 Å². The van der Waals surface area contributed by atoms with E-state index in [0.29, 0.717) is 27.1 Å². The first-order chi connectivity index (χ1) is 9.38. The van der Waals surface area contributed by atoms with E-state index < -0.39 is 5.91 Å². The lowest BCUT2D eigenvalue weighted by atomic mass is 10.1. The molecular weight excluding hydrogens is 412 g/mol. The predicted octanol–water partition coefficient (Wildman–Crippen LogP) is 4.02. The van der Waals surface area contributed by atoms with Crippen molar-refractivity contribution < 1.29 is 4.79 Å². The van der Waals surface area contributed by atoms with Crippen LogP contribution in [0.1, 0.15) is 10.4 Å². The van der Waals surface area contributed by atoms with Gasteiger partial charge in [-0.1, -0.05) is 23.2 Å². The van der Waals surface area contributed by atoms with Crippen LogP contribution < -0.4 is 16.8 Å². The van der Waals surface area contributed by atoms with Crippen LogP contribution in [-0.2, 0) is 0 Å². The number of nitrogens with two attached hydrogens (primary N) is 2. The van der Waals surface area contributed by atoms with E-state index in [2.05, 4.69) is 27.9 Å². The fourth-order valence-corrected chi connectivity index (χ4v) is 2.85. The minimum atomic E-state index is -0.622. The second kappa shape index (κ2) is 6.07. The van der Waals surface area contributed by atoms with Crippen LogP contribution in [0, 0.1) is 3.57 Å². The lowest BCUT2D eigenvalue weighted by molar-refractivity contribution is 0.100. The van der Waals surface area contributed by atoms with Crippen molar-refractivity contribution in [2.45, 2.75) is 0 Å². The zero-order valence-electron chi connectivity index (χ0n) is 10.1. The van der Waals surface area contributed by atoms with Crippen molar-refractivity contribution in [2.75, 3.05) is 11.1 Å². The molecule has 0 spiro atoms. The van der Waals surface area contributed by atoms with Crippen molar-refractivity contribution >= 4 is 68.8 Å². The fraction of sp³-hybridized carbons (Fsp3) is 0. The number of halogens is 3. The van der Waals surface area contributed by atoms with E-state index in [4.69, 9.17) is 34.7 Å². The largest absolute Gasteiger partial charge is 0.399 e. The van der Waals surface area contributed by atoms with Gasteiger partial charge in [-0.15, -0.1) is 0 Å². The molecule has 2 aromatic rings. The van der Waals surface area contributed by atoms with Gasteiger partial charge in [0.15, 0.2) is 0 Å². The molecule has 1 amide bonds. The maximum atomic E-state index is 11.5. The summed E-state index contributed by atoms with van der Waals surface area (Å²) in [5, 5.41) is 3.83. The Labute approximate surface area is 139 Å². The van der Waals surface area contributed by atoms with Crippen molar-refractivity contribution in [3.8, 4) is 0 Å². The van der Waals surface area contributed by atoms with Gasteiger partial charge in [0.05, 0.1) is 27.0 Å². The smallest absolute Gasteiger partial charge is 0.250 e. The van der Waals surface area contributed by atoms with E-state index >= 15 is 0 Å². The Hall–Kier alpha value is -1.18. The molecule has 0 radical (unpaired) electrons. The Kier molecular flexibility index (Phi) is 4.62. The summed E-state index contributed by atoms with van der Waals surface area (Å²) in [6.45, 7) is 0. The Morgan fingerprint density at radius 2 is 1.85 bits per heavy atom. The van der Waals surface area contributed by atoms with Gasteiger partial charge in [-0.25, -0.2) is 0 Å². The summed E-state index contributed by atoms with van der Waals surface area (Å²) in [4.78, 5) is 11.5. The molecule has 0 bridgehead atoms. The Balaban J connectivity index is 2.50. The summed E-state index contributed by atoms with van der Waals surface area (Å²) in [7, 11) is 0.